The molecular formula is C21H36N2O4. The van der Waals surface area contributed by atoms with Crippen LogP contribution < -0.4 is 10.6 Å². The molecule has 27 heavy (non-hydrogen) atoms. The second kappa shape index (κ2) is 16.3. The number of amides is 2. The molecule has 0 aromatic heterocycles. The van der Waals surface area contributed by atoms with Crippen LogP contribution in [-0.2, 0) is 25.5 Å². The monoisotopic (exact) mass is 380 g/mol. The molecule has 2 N–H and O–H groups in total. The first-order valence-corrected chi connectivity index (χ1v) is 9.82. The largest absolute Gasteiger partial charge is 0.369 e. The molecule has 6 heteroatoms. The van der Waals surface area contributed by atoms with E-state index >= 15 is 0 Å². The summed E-state index contributed by atoms with van der Waals surface area (Å²) in [6.45, 7) is 11.5. The van der Waals surface area contributed by atoms with Gasteiger partial charge in [0.05, 0.1) is 13.2 Å². The molecule has 1 aromatic rings. The van der Waals surface area contributed by atoms with Gasteiger partial charge in [-0.15, -0.1) is 0 Å². The van der Waals surface area contributed by atoms with Gasteiger partial charge in [0.1, 0.15) is 13.2 Å². The highest BCUT2D eigenvalue weighted by Crippen LogP contribution is 2.14. The molecule has 0 spiro atoms. The third-order valence-electron chi connectivity index (χ3n) is 3.27. The van der Waals surface area contributed by atoms with Crippen LogP contribution in [0.5, 0.6) is 0 Å². The highest BCUT2D eigenvalue weighted by Gasteiger charge is 2.05. The quantitative estimate of drug-likeness (QED) is 0.545. The predicted octanol–water partition coefficient (Wildman–Crippen LogP) is 3.41. The van der Waals surface area contributed by atoms with Crippen molar-refractivity contribution in [3.63, 3.8) is 0 Å². The number of ether oxygens (including phenoxy) is 2. The van der Waals surface area contributed by atoms with Crippen LogP contribution in [0.4, 0.5) is 5.69 Å². The molecule has 0 radical (unpaired) electrons. The number of hydrogen-bond acceptors (Lipinski definition) is 4. The molecule has 0 aliphatic heterocycles. The molecule has 0 aliphatic rings. The van der Waals surface area contributed by atoms with Crippen molar-refractivity contribution < 1.29 is 19.1 Å². The van der Waals surface area contributed by atoms with E-state index in [1.807, 2.05) is 39.0 Å². The van der Waals surface area contributed by atoms with Gasteiger partial charge < -0.3 is 20.1 Å². The number of hydrogen-bond donors (Lipinski definition) is 2. The maximum Gasteiger partial charge on any atom is 0.250 e. The van der Waals surface area contributed by atoms with Crippen molar-refractivity contribution in [2.75, 3.05) is 38.3 Å². The van der Waals surface area contributed by atoms with Gasteiger partial charge in [0.15, 0.2) is 0 Å². The van der Waals surface area contributed by atoms with Gasteiger partial charge in [-0.25, -0.2) is 0 Å². The van der Waals surface area contributed by atoms with Crippen molar-refractivity contribution in [3.8, 4) is 0 Å². The normalized spacial score (nSPS) is 10.1. The average molecular weight is 381 g/mol. The van der Waals surface area contributed by atoms with Crippen LogP contribution in [0.3, 0.4) is 0 Å². The van der Waals surface area contributed by atoms with E-state index in [1.165, 1.54) is 5.56 Å². The number of carbonyl (C=O) groups excluding carboxylic acids is 2. The lowest BCUT2D eigenvalue weighted by atomic mass is 10.0. The molecular weight excluding hydrogens is 344 g/mol. The van der Waals surface area contributed by atoms with Crippen molar-refractivity contribution in [3.05, 3.63) is 29.8 Å². The lowest BCUT2D eigenvalue weighted by molar-refractivity contribution is -0.127. The minimum Gasteiger partial charge on any atom is -0.369 e. The van der Waals surface area contributed by atoms with Gasteiger partial charge in [0.25, 0.3) is 0 Å². The zero-order chi connectivity index (χ0) is 20.5. The molecule has 0 heterocycles. The molecule has 1 aromatic carbocycles. The molecule has 0 unspecified atom stereocenters. The SMILES string of the molecule is CC.CCCNC(=O)COCCOCC(=O)Nc1cccc(CC(C)C)c1. The van der Waals surface area contributed by atoms with E-state index in [2.05, 4.69) is 30.5 Å². The first kappa shape index (κ1) is 25.1. The second-order valence-electron chi connectivity index (χ2n) is 6.30. The van der Waals surface area contributed by atoms with E-state index in [0.29, 0.717) is 12.5 Å². The zero-order valence-electron chi connectivity index (χ0n) is 17.5. The Labute approximate surface area is 164 Å². The van der Waals surface area contributed by atoms with Gasteiger partial charge in [-0.2, -0.15) is 0 Å². The van der Waals surface area contributed by atoms with E-state index in [9.17, 15) is 9.59 Å². The second-order valence-corrected chi connectivity index (χ2v) is 6.30. The summed E-state index contributed by atoms with van der Waals surface area (Å²) in [5, 5.41) is 5.54. The topological polar surface area (TPSA) is 76.7 Å². The summed E-state index contributed by atoms with van der Waals surface area (Å²) < 4.78 is 10.4. The van der Waals surface area contributed by atoms with Crippen molar-refractivity contribution in [1.29, 1.82) is 0 Å². The standard InChI is InChI=1S/C19H30N2O4.C2H6/c1-4-8-20-18(22)13-24-9-10-25-14-19(23)21-17-7-5-6-16(12-17)11-15(2)3;1-2/h5-7,12,15H,4,8-11,13-14H2,1-3H3,(H,20,22)(H,21,23);1-2H3. The van der Waals surface area contributed by atoms with Crippen molar-refractivity contribution in [2.24, 2.45) is 5.92 Å². The minimum atomic E-state index is -0.206. The van der Waals surface area contributed by atoms with Crippen LogP contribution in [-0.4, -0.2) is 44.8 Å². The van der Waals surface area contributed by atoms with Crippen LogP contribution in [0.15, 0.2) is 24.3 Å². The molecule has 6 nitrogen and oxygen atoms in total. The van der Waals surface area contributed by atoms with Crippen molar-refractivity contribution >= 4 is 17.5 Å². The number of benzene rings is 1. The molecule has 0 saturated carbocycles. The van der Waals surface area contributed by atoms with Crippen LogP contribution in [0.2, 0.25) is 0 Å². The van der Waals surface area contributed by atoms with Crippen LogP contribution >= 0.6 is 0 Å². The molecule has 0 aliphatic carbocycles. The fourth-order valence-corrected chi connectivity index (χ4v) is 2.21. The maximum absolute atomic E-state index is 11.9. The fourth-order valence-electron chi connectivity index (χ4n) is 2.21. The Morgan fingerprint density at radius 3 is 2.26 bits per heavy atom. The zero-order valence-corrected chi connectivity index (χ0v) is 17.5. The highest BCUT2D eigenvalue weighted by atomic mass is 16.5. The summed E-state index contributed by atoms with van der Waals surface area (Å²) in [6.07, 6.45) is 1.87. The van der Waals surface area contributed by atoms with Crippen LogP contribution in [0, 0.1) is 5.92 Å². The van der Waals surface area contributed by atoms with Crippen molar-refractivity contribution in [1.82, 2.24) is 5.32 Å². The van der Waals surface area contributed by atoms with Gasteiger partial charge in [-0.1, -0.05) is 46.8 Å². The first-order valence-electron chi connectivity index (χ1n) is 9.82. The highest BCUT2D eigenvalue weighted by molar-refractivity contribution is 5.91. The van der Waals surface area contributed by atoms with Gasteiger partial charge in [0, 0.05) is 12.2 Å². The van der Waals surface area contributed by atoms with E-state index < -0.39 is 0 Å². The smallest absolute Gasteiger partial charge is 0.250 e. The Balaban J connectivity index is 0.00000326. The summed E-state index contributed by atoms with van der Waals surface area (Å²) in [4.78, 5) is 23.2. The number of rotatable bonds is 12. The Hall–Kier alpha value is -1.92. The summed E-state index contributed by atoms with van der Waals surface area (Å²) in [5.41, 5.74) is 1.97. The third kappa shape index (κ3) is 13.9. The van der Waals surface area contributed by atoms with Gasteiger partial charge in [-0.3, -0.25) is 9.59 Å². The minimum absolute atomic E-state index is 0.0121. The Morgan fingerprint density at radius 2 is 1.67 bits per heavy atom. The van der Waals surface area contributed by atoms with Crippen molar-refractivity contribution in [2.45, 2.75) is 47.5 Å². The summed E-state index contributed by atoms with van der Waals surface area (Å²) in [6, 6.07) is 7.83. The Kier molecular flexibility index (Phi) is 15.1. The van der Waals surface area contributed by atoms with Crippen LogP contribution in [0.25, 0.3) is 0 Å². The lowest BCUT2D eigenvalue weighted by Gasteiger charge is -2.09. The molecule has 0 atom stereocenters. The van der Waals surface area contributed by atoms with E-state index in [1.54, 1.807) is 0 Å². The maximum atomic E-state index is 11.9. The number of nitrogens with one attached hydrogen (secondary N) is 2. The fraction of sp³-hybridized carbons (Fsp3) is 0.619. The predicted molar refractivity (Wildman–Crippen MR) is 110 cm³/mol. The van der Waals surface area contributed by atoms with Gasteiger partial charge in [0.2, 0.25) is 11.8 Å². The van der Waals surface area contributed by atoms with E-state index in [-0.39, 0.29) is 38.2 Å². The molecule has 154 valence electrons. The summed E-state index contributed by atoms with van der Waals surface area (Å²) in [5.74, 6) is 0.224. The molecule has 0 bridgehead atoms. The third-order valence-corrected chi connectivity index (χ3v) is 3.27. The number of carbonyl (C=O) groups is 2. The van der Waals surface area contributed by atoms with E-state index in [0.717, 1.165) is 18.5 Å². The van der Waals surface area contributed by atoms with E-state index in [4.69, 9.17) is 9.47 Å². The molecule has 0 fully saturated rings. The molecule has 0 saturated heterocycles. The van der Waals surface area contributed by atoms with Gasteiger partial charge >= 0.3 is 0 Å². The summed E-state index contributed by atoms with van der Waals surface area (Å²) >= 11 is 0. The van der Waals surface area contributed by atoms with Gasteiger partial charge in [-0.05, 0) is 36.5 Å². The van der Waals surface area contributed by atoms with Crippen LogP contribution in [0.1, 0.15) is 46.6 Å². The molecule has 2 amide bonds. The Bertz CT molecular complexity index is 533. The Morgan fingerprint density at radius 1 is 1.04 bits per heavy atom. The number of anilines is 1. The molecule has 1 rings (SSSR count). The average Bonchev–Trinajstić information content (AvgIpc) is 2.64. The first-order chi connectivity index (χ1) is 13.0. The summed E-state index contributed by atoms with van der Waals surface area (Å²) in [7, 11) is 0. The lowest BCUT2D eigenvalue weighted by Crippen LogP contribution is -2.28.